The van der Waals surface area contributed by atoms with Crippen molar-refractivity contribution in [2.45, 2.75) is 32.5 Å². The smallest absolute Gasteiger partial charge is 0.254 e. The molecule has 0 fully saturated rings. The molecule has 0 amide bonds. The van der Waals surface area contributed by atoms with Crippen molar-refractivity contribution >= 4 is 11.3 Å². The summed E-state index contributed by atoms with van der Waals surface area (Å²) in [6, 6.07) is 12.2. The molecule has 4 nitrogen and oxygen atoms in total. The van der Waals surface area contributed by atoms with Crippen LogP contribution in [0, 0.1) is 0 Å². The van der Waals surface area contributed by atoms with Crippen LogP contribution in [0.5, 0.6) is 5.75 Å². The van der Waals surface area contributed by atoms with E-state index in [1.807, 2.05) is 23.7 Å². The second kappa shape index (κ2) is 7.89. The lowest BCUT2D eigenvalue weighted by Crippen LogP contribution is -2.24. The third-order valence-electron chi connectivity index (χ3n) is 4.75. The van der Waals surface area contributed by atoms with Crippen LogP contribution in [-0.4, -0.2) is 11.1 Å². The van der Waals surface area contributed by atoms with E-state index in [4.69, 9.17) is 4.74 Å². The van der Waals surface area contributed by atoms with Crippen LogP contribution in [0.3, 0.4) is 0 Å². The number of fused-ring (bicyclic) bond motifs is 1. The van der Waals surface area contributed by atoms with Crippen molar-refractivity contribution in [3.8, 4) is 5.75 Å². The van der Waals surface area contributed by atoms with Crippen molar-refractivity contribution in [1.82, 2.24) is 9.88 Å². The maximum atomic E-state index is 12.3. The molecular formula is C21H22N2O2S. The number of hydrogen-bond donors (Lipinski definition) is 1. The number of nitrogens with zero attached hydrogens (tertiary/aromatic N) is 1. The van der Waals surface area contributed by atoms with Gasteiger partial charge < -0.3 is 14.6 Å². The number of aromatic nitrogens is 1. The van der Waals surface area contributed by atoms with Gasteiger partial charge in [0, 0.05) is 25.4 Å². The first-order chi connectivity index (χ1) is 12.8. The average molecular weight is 366 g/mol. The Morgan fingerprint density at radius 1 is 1.12 bits per heavy atom. The maximum Gasteiger partial charge on any atom is 0.254 e. The molecule has 1 N–H and O–H groups in total. The van der Waals surface area contributed by atoms with E-state index in [1.54, 1.807) is 22.0 Å². The van der Waals surface area contributed by atoms with Crippen molar-refractivity contribution < 1.29 is 4.74 Å². The Morgan fingerprint density at radius 3 is 2.92 bits per heavy atom. The van der Waals surface area contributed by atoms with Crippen molar-refractivity contribution in [2.24, 2.45) is 0 Å². The molecule has 0 atom stereocenters. The number of benzene rings is 1. The van der Waals surface area contributed by atoms with E-state index < -0.39 is 0 Å². The number of hydrogen-bond acceptors (Lipinski definition) is 4. The molecule has 4 rings (SSSR count). The Morgan fingerprint density at radius 2 is 2.08 bits per heavy atom. The second-order valence-corrected chi connectivity index (χ2v) is 7.37. The highest BCUT2D eigenvalue weighted by Gasteiger charge is 2.09. The average Bonchev–Trinajstić information content (AvgIpc) is 3.19. The number of aryl methyl sites for hydroxylation is 2. The zero-order chi connectivity index (χ0) is 17.8. The molecular weight excluding hydrogens is 344 g/mol. The minimum Gasteiger partial charge on any atom is -0.489 e. The third kappa shape index (κ3) is 4.06. The van der Waals surface area contributed by atoms with Crippen molar-refractivity contribution in [1.29, 1.82) is 0 Å². The van der Waals surface area contributed by atoms with Gasteiger partial charge in [-0.25, -0.2) is 0 Å². The summed E-state index contributed by atoms with van der Waals surface area (Å²) < 4.78 is 7.44. The van der Waals surface area contributed by atoms with Gasteiger partial charge in [-0.3, -0.25) is 4.79 Å². The van der Waals surface area contributed by atoms with Gasteiger partial charge in [0.25, 0.3) is 5.56 Å². The van der Waals surface area contributed by atoms with Gasteiger partial charge >= 0.3 is 0 Å². The first-order valence-corrected chi connectivity index (χ1v) is 9.88. The van der Waals surface area contributed by atoms with E-state index in [1.165, 1.54) is 16.7 Å². The topological polar surface area (TPSA) is 43.3 Å². The fourth-order valence-electron chi connectivity index (χ4n) is 3.24. The first-order valence-electron chi connectivity index (χ1n) is 8.94. The largest absolute Gasteiger partial charge is 0.489 e. The summed E-state index contributed by atoms with van der Waals surface area (Å²) >= 11 is 1.64. The summed E-state index contributed by atoms with van der Waals surface area (Å²) in [5, 5.41) is 7.48. The van der Waals surface area contributed by atoms with Gasteiger partial charge in [0.1, 0.15) is 12.4 Å². The first kappa shape index (κ1) is 17.1. The quantitative estimate of drug-likeness (QED) is 0.727. The summed E-state index contributed by atoms with van der Waals surface area (Å²) in [6.07, 6.45) is 3.77. The van der Waals surface area contributed by atoms with E-state index >= 15 is 0 Å². The molecule has 1 aliphatic heterocycles. The number of rotatable bonds is 6. The summed E-state index contributed by atoms with van der Waals surface area (Å²) in [6.45, 7) is 3.17. The molecule has 0 aliphatic carbocycles. The third-order valence-corrected chi connectivity index (χ3v) is 5.48. The minimum atomic E-state index is -0.0209. The molecule has 0 bridgehead atoms. The monoisotopic (exact) mass is 366 g/mol. The molecule has 0 spiro atoms. The number of thiophene rings is 1. The Labute approximate surface area is 157 Å². The van der Waals surface area contributed by atoms with Crippen LogP contribution >= 0.6 is 11.3 Å². The number of ether oxygens (including phenoxy) is 1. The maximum absolute atomic E-state index is 12.3. The lowest BCUT2D eigenvalue weighted by molar-refractivity contribution is 0.305. The molecule has 0 radical (unpaired) electrons. The van der Waals surface area contributed by atoms with Gasteiger partial charge in [-0.15, -0.1) is 0 Å². The highest BCUT2D eigenvalue weighted by Crippen LogP contribution is 2.17. The zero-order valence-electron chi connectivity index (χ0n) is 14.6. The van der Waals surface area contributed by atoms with Crippen LogP contribution in [0.4, 0.5) is 0 Å². The molecule has 5 heteroatoms. The van der Waals surface area contributed by atoms with Crippen LogP contribution in [0.25, 0.3) is 0 Å². The van der Waals surface area contributed by atoms with Gasteiger partial charge in [0.15, 0.2) is 0 Å². The predicted octanol–water partition coefficient (Wildman–Crippen LogP) is 3.38. The fourth-order valence-corrected chi connectivity index (χ4v) is 3.90. The SMILES string of the molecule is O=c1cc(OCc2ccsc2)ccn1CCc1ccc2c(c1)CNCC2. The van der Waals surface area contributed by atoms with E-state index in [0.717, 1.165) is 31.5 Å². The van der Waals surface area contributed by atoms with Crippen LogP contribution in [-0.2, 0) is 32.5 Å². The highest BCUT2D eigenvalue weighted by molar-refractivity contribution is 7.07. The van der Waals surface area contributed by atoms with E-state index in [-0.39, 0.29) is 5.56 Å². The number of pyridine rings is 1. The minimum absolute atomic E-state index is 0.0209. The highest BCUT2D eigenvalue weighted by atomic mass is 32.1. The summed E-state index contributed by atoms with van der Waals surface area (Å²) in [5.41, 5.74) is 5.21. The van der Waals surface area contributed by atoms with Gasteiger partial charge in [-0.2, -0.15) is 11.3 Å². The van der Waals surface area contributed by atoms with Gasteiger partial charge in [-0.05, 0) is 64.5 Å². The molecule has 26 heavy (non-hydrogen) atoms. The van der Waals surface area contributed by atoms with Crippen LogP contribution < -0.4 is 15.6 Å². The molecule has 1 aliphatic rings. The molecule has 0 saturated carbocycles. The normalized spacial score (nSPS) is 13.4. The van der Waals surface area contributed by atoms with Gasteiger partial charge in [0.05, 0.1) is 0 Å². The fraction of sp³-hybridized carbons (Fsp3) is 0.286. The standard InChI is InChI=1S/C21H22N2O2S/c24-21-12-20(25-14-17-6-10-26-15-17)5-9-23(21)8-4-16-1-2-18-3-7-22-13-19(18)11-16/h1-2,5-6,9-12,15,22H,3-4,7-8,13-14H2. The van der Waals surface area contributed by atoms with Crippen molar-refractivity contribution in [3.05, 3.63) is 86.0 Å². The Hall–Kier alpha value is -2.37. The number of nitrogens with one attached hydrogen (secondary N) is 1. The van der Waals surface area contributed by atoms with Crippen LogP contribution in [0.2, 0.25) is 0 Å². The van der Waals surface area contributed by atoms with Crippen LogP contribution in [0.15, 0.2) is 58.1 Å². The Kier molecular flexibility index (Phi) is 5.18. The Balaban J connectivity index is 1.38. The molecule has 3 aromatic rings. The van der Waals surface area contributed by atoms with E-state index in [9.17, 15) is 4.79 Å². The lowest BCUT2D eigenvalue weighted by Gasteiger charge is -2.18. The second-order valence-electron chi connectivity index (χ2n) is 6.59. The molecule has 0 unspecified atom stereocenters. The summed E-state index contributed by atoms with van der Waals surface area (Å²) in [4.78, 5) is 12.3. The van der Waals surface area contributed by atoms with Crippen molar-refractivity contribution in [2.75, 3.05) is 6.54 Å². The molecule has 1 aromatic carbocycles. The summed E-state index contributed by atoms with van der Waals surface area (Å²) in [5.74, 6) is 0.623. The molecule has 2 aromatic heterocycles. The molecule has 0 saturated heterocycles. The predicted molar refractivity (Wildman–Crippen MR) is 105 cm³/mol. The van der Waals surface area contributed by atoms with E-state index in [0.29, 0.717) is 18.9 Å². The van der Waals surface area contributed by atoms with E-state index in [2.05, 4.69) is 28.9 Å². The van der Waals surface area contributed by atoms with Crippen LogP contribution in [0.1, 0.15) is 22.3 Å². The zero-order valence-corrected chi connectivity index (χ0v) is 15.4. The van der Waals surface area contributed by atoms with Gasteiger partial charge in [-0.1, -0.05) is 18.2 Å². The molecule has 3 heterocycles. The molecule has 134 valence electrons. The summed E-state index contributed by atoms with van der Waals surface area (Å²) in [7, 11) is 0. The van der Waals surface area contributed by atoms with Crippen molar-refractivity contribution in [3.63, 3.8) is 0 Å². The lowest BCUT2D eigenvalue weighted by atomic mass is 9.97. The Bertz CT molecular complexity index is 931. The van der Waals surface area contributed by atoms with Gasteiger partial charge in [0.2, 0.25) is 0 Å².